The summed E-state index contributed by atoms with van der Waals surface area (Å²) < 4.78 is 23.7. The van der Waals surface area contributed by atoms with Crippen LogP contribution in [0.4, 0.5) is 4.39 Å². The average Bonchev–Trinajstić information content (AvgIpc) is 2.76. The fourth-order valence-corrected chi connectivity index (χ4v) is 1.84. The summed E-state index contributed by atoms with van der Waals surface area (Å²) in [7, 11) is 0. The SMILES string of the molecule is O=C(O)c1ccoc1COc1ccc(F)cc1Br. The van der Waals surface area contributed by atoms with Crippen molar-refractivity contribution in [3.8, 4) is 5.75 Å². The molecule has 6 heteroatoms. The van der Waals surface area contributed by atoms with Gasteiger partial charge >= 0.3 is 5.97 Å². The summed E-state index contributed by atoms with van der Waals surface area (Å²) in [4.78, 5) is 10.8. The van der Waals surface area contributed by atoms with Crippen LogP contribution < -0.4 is 4.74 Å². The van der Waals surface area contributed by atoms with Gasteiger partial charge in [-0.15, -0.1) is 0 Å². The third-order valence-electron chi connectivity index (χ3n) is 2.23. The number of hydrogen-bond donors (Lipinski definition) is 1. The molecule has 4 nitrogen and oxygen atoms in total. The van der Waals surface area contributed by atoms with Crippen LogP contribution in [0.5, 0.6) is 5.75 Å². The van der Waals surface area contributed by atoms with E-state index < -0.39 is 11.8 Å². The molecule has 1 aromatic carbocycles. The Morgan fingerprint density at radius 1 is 1.44 bits per heavy atom. The molecule has 2 rings (SSSR count). The molecular weight excluding hydrogens is 307 g/mol. The first-order chi connectivity index (χ1) is 8.58. The highest BCUT2D eigenvalue weighted by atomic mass is 79.9. The van der Waals surface area contributed by atoms with Crippen molar-refractivity contribution >= 4 is 21.9 Å². The Bertz CT molecular complexity index is 579. The maximum absolute atomic E-state index is 12.8. The number of rotatable bonds is 4. The summed E-state index contributed by atoms with van der Waals surface area (Å²) in [5.74, 6) is -0.859. The van der Waals surface area contributed by atoms with Gasteiger partial charge in [-0.1, -0.05) is 0 Å². The Morgan fingerprint density at radius 3 is 2.89 bits per heavy atom. The largest absolute Gasteiger partial charge is 0.484 e. The van der Waals surface area contributed by atoms with Crippen LogP contribution in [-0.4, -0.2) is 11.1 Å². The molecule has 94 valence electrons. The van der Waals surface area contributed by atoms with Crippen LogP contribution >= 0.6 is 15.9 Å². The fraction of sp³-hybridized carbons (Fsp3) is 0.0833. The summed E-state index contributed by atoms with van der Waals surface area (Å²) >= 11 is 3.15. The van der Waals surface area contributed by atoms with Crippen molar-refractivity contribution in [3.63, 3.8) is 0 Å². The standard InChI is InChI=1S/C12H8BrFO4/c13-9-5-7(14)1-2-10(9)18-6-11-8(12(15)16)3-4-17-11/h1-5H,6H2,(H,15,16). The lowest BCUT2D eigenvalue weighted by Gasteiger charge is -2.07. The number of benzene rings is 1. The molecule has 0 saturated heterocycles. The molecule has 0 bridgehead atoms. The second-order valence-electron chi connectivity index (χ2n) is 3.43. The number of carbonyl (C=O) groups is 1. The van der Waals surface area contributed by atoms with Gasteiger partial charge in [0.05, 0.1) is 10.7 Å². The van der Waals surface area contributed by atoms with Crippen molar-refractivity contribution < 1.29 is 23.4 Å². The number of halogens is 2. The lowest BCUT2D eigenvalue weighted by molar-refractivity contribution is 0.0692. The molecule has 0 aliphatic heterocycles. The van der Waals surface area contributed by atoms with Gasteiger partial charge < -0.3 is 14.3 Å². The monoisotopic (exact) mass is 314 g/mol. The fourth-order valence-electron chi connectivity index (χ4n) is 1.38. The Hall–Kier alpha value is -1.82. The highest BCUT2D eigenvalue weighted by Crippen LogP contribution is 2.26. The molecule has 0 amide bonds. The normalized spacial score (nSPS) is 10.3. The number of furan rings is 1. The first kappa shape index (κ1) is 12.6. The lowest BCUT2D eigenvalue weighted by Crippen LogP contribution is -2.02. The van der Waals surface area contributed by atoms with E-state index in [0.29, 0.717) is 10.2 Å². The second-order valence-corrected chi connectivity index (χ2v) is 4.28. The molecule has 0 aliphatic carbocycles. The molecule has 1 heterocycles. The smallest absolute Gasteiger partial charge is 0.339 e. The van der Waals surface area contributed by atoms with E-state index in [0.717, 1.165) is 0 Å². The summed E-state index contributed by atoms with van der Waals surface area (Å²) in [6, 6.07) is 5.31. The molecule has 0 unspecified atom stereocenters. The maximum atomic E-state index is 12.8. The number of ether oxygens (including phenoxy) is 1. The zero-order chi connectivity index (χ0) is 13.1. The molecule has 1 aromatic heterocycles. The van der Waals surface area contributed by atoms with Gasteiger partial charge in [-0.2, -0.15) is 0 Å². The Balaban J connectivity index is 2.11. The van der Waals surface area contributed by atoms with Crippen LogP contribution in [0.3, 0.4) is 0 Å². The van der Waals surface area contributed by atoms with E-state index in [-0.39, 0.29) is 17.9 Å². The Kier molecular flexibility index (Phi) is 3.66. The van der Waals surface area contributed by atoms with Gasteiger partial charge in [-0.05, 0) is 40.2 Å². The van der Waals surface area contributed by atoms with Crippen LogP contribution in [0, 0.1) is 5.82 Å². The van der Waals surface area contributed by atoms with Crippen LogP contribution in [0.2, 0.25) is 0 Å². The molecular formula is C12H8BrFO4. The van der Waals surface area contributed by atoms with Crippen LogP contribution in [0.1, 0.15) is 16.1 Å². The third kappa shape index (κ3) is 2.70. The van der Waals surface area contributed by atoms with Gasteiger partial charge in [0.15, 0.2) is 5.76 Å². The quantitative estimate of drug-likeness (QED) is 0.939. The van der Waals surface area contributed by atoms with Gasteiger partial charge in [-0.3, -0.25) is 0 Å². The minimum atomic E-state index is -1.08. The number of hydrogen-bond acceptors (Lipinski definition) is 3. The average molecular weight is 315 g/mol. The van der Waals surface area contributed by atoms with Gasteiger partial charge in [0.2, 0.25) is 0 Å². The minimum Gasteiger partial charge on any atom is -0.484 e. The molecule has 0 atom stereocenters. The van der Waals surface area contributed by atoms with E-state index in [1.165, 1.54) is 30.5 Å². The van der Waals surface area contributed by atoms with E-state index in [9.17, 15) is 9.18 Å². The molecule has 2 aromatic rings. The van der Waals surface area contributed by atoms with E-state index in [2.05, 4.69) is 15.9 Å². The predicted molar refractivity (Wildman–Crippen MR) is 64.1 cm³/mol. The molecule has 0 saturated carbocycles. The zero-order valence-electron chi connectivity index (χ0n) is 9.02. The van der Waals surface area contributed by atoms with Crippen LogP contribution in [-0.2, 0) is 6.61 Å². The van der Waals surface area contributed by atoms with Crippen LogP contribution in [0.15, 0.2) is 39.4 Å². The summed E-state index contributed by atoms with van der Waals surface area (Å²) in [6.45, 7) is -0.0428. The molecule has 1 N–H and O–H groups in total. The minimum absolute atomic E-state index is 0.0428. The summed E-state index contributed by atoms with van der Waals surface area (Å²) in [5.41, 5.74) is 0.0493. The van der Waals surface area contributed by atoms with Crippen LogP contribution in [0.25, 0.3) is 0 Å². The van der Waals surface area contributed by atoms with E-state index >= 15 is 0 Å². The summed E-state index contributed by atoms with van der Waals surface area (Å²) in [5, 5.41) is 8.87. The highest BCUT2D eigenvalue weighted by molar-refractivity contribution is 9.10. The molecule has 0 spiro atoms. The van der Waals surface area contributed by atoms with Crippen molar-refractivity contribution in [2.24, 2.45) is 0 Å². The van der Waals surface area contributed by atoms with E-state index in [1.807, 2.05) is 0 Å². The Labute approximate surface area is 110 Å². The van der Waals surface area contributed by atoms with Crippen molar-refractivity contribution in [2.75, 3.05) is 0 Å². The Morgan fingerprint density at radius 2 is 2.22 bits per heavy atom. The second kappa shape index (κ2) is 5.22. The molecule has 0 radical (unpaired) electrons. The van der Waals surface area contributed by atoms with Gasteiger partial charge in [-0.25, -0.2) is 9.18 Å². The van der Waals surface area contributed by atoms with E-state index in [4.69, 9.17) is 14.3 Å². The molecule has 0 aliphatic rings. The lowest BCUT2D eigenvalue weighted by atomic mass is 10.2. The maximum Gasteiger partial charge on any atom is 0.339 e. The van der Waals surface area contributed by atoms with Crippen molar-refractivity contribution in [1.29, 1.82) is 0 Å². The number of carboxylic acids is 1. The molecule has 18 heavy (non-hydrogen) atoms. The van der Waals surface area contributed by atoms with Crippen molar-refractivity contribution in [2.45, 2.75) is 6.61 Å². The molecule has 0 fully saturated rings. The zero-order valence-corrected chi connectivity index (χ0v) is 10.6. The first-order valence-electron chi connectivity index (χ1n) is 4.95. The van der Waals surface area contributed by atoms with E-state index in [1.54, 1.807) is 0 Å². The van der Waals surface area contributed by atoms with Crippen molar-refractivity contribution in [3.05, 3.63) is 52.1 Å². The summed E-state index contributed by atoms with van der Waals surface area (Å²) in [6.07, 6.45) is 1.28. The van der Waals surface area contributed by atoms with Gasteiger partial charge in [0, 0.05) is 0 Å². The third-order valence-corrected chi connectivity index (χ3v) is 2.85. The van der Waals surface area contributed by atoms with Crippen molar-refractivity contribution in [1.82, 2.24) is 0 Å². The number of carboxylic acid groups (broad SMARTS) is 1. The van der Waals surface area contributed by atoms with Gasteiger partial charge in [0.25, 0.3) is 0 Å². The predicted octanol–water partition coefficient (Wildman–Crippen LogP) is 3.46. The topological polar surface area (TPSA) is 59.7 Å². The number of aromatic carboxylic acids is 1. The highest BCUT2D eigenvalue weighted by Gasteiger charge is 2.14. The first-order valence-corrected chi connectivity index (χ1v) is 5.74. The van der Waals surface area contributed by atoms with Gasteiger partial charge in [0.1, 0.15) is 23.7 Å².